The zero-order chi connectivity index (χ0) is 13.8. The monoisotopic (exact) mass is 262 g/mol. The van der Waals surface area contributed by atoms with Gasteiger partial charge in [-0.1, -0.05) is 0 Å². The van der Waals surface area contributed by atoms with Crippen LogP contribution in [0.1, 0.15) is 18.4 Å². The van der Waals surface area contributed by atoms with Crippen LogP contribution in [-0.2, 0) is 9.59 Å². The molecule has 2 rings (SSSR count). The smallest absolute Gasteiger partial charge is 0.325 e. The van der Waals surface area contributed by atoms with E-state index in [1.807, 2.05) is 12.1 Å². The average molecular weight is 262 g/mol. The Kier molecular flexibility index (Phi) is 3.79. The fourth-order valence-corrected chi connectivity index (χ4v) is 1.84. The van der Waals surface area contributed by atoms with E-state index in [1.54, 1.807) is 19.2 Å². The first-order valence-corrected chi connectivity index (χ1v) is 5.84. The van der Waals surface area contributed by atoms with Gasteiger partial charge in [0.2, 0.25) is 5.91 Å². The van der Waals surface area contributed by atoms with Gasteiger partial charge >= 0.3 is 5.97 Å². The lowest BCUT2D eigenvalue weighted by Gasteiger charge is -2.22. The minimum Gasteiger partial charge on any atom is -0.497 e. The lowest BCUT2D eigenvalue weighted by atomic mass is 10.0. The van der Waals surface area contributed by atoms with E-state index in [9.17, 15) is 9.59 Å². The molecule has 0 atom stereocenters. The van der Waals surface area contributed by atoms with Crippen molar-refractivity contribution >= 4 is 17.6 Å². The van der Waals surface area contributed by atoms with Crippen LogP contribution in [0.2, 0.25) is 0 Å². The molecule has 0 aliphatic carbocycles. The molecule has 1 N–H and O–H groups in total. The third-order valence-corrected chi connectivity index (χ3v) is 2.81. The molecule has 1 aliphatic rings. The van der Waals surface area contributed by atoms with Gasteiger partial charge in [-0.25, -0.2) is 5.01 Å². The molecule has 0 aromatic heterocycles. The number of nitrogens with zero attached hydrogens (tertiary/aromatic N) is 2. The Morgan fingerprint density at radius 3 is 2.63 bits per heavy atom. The van der Waals surface area contributed by atoms with Gasteiger partial charge < -0.3 is 9.84 Å². The van der Waals surface area contributed by atoms with Gasteiger partial charge in [-0.2, -0.15) is 5.10 Å². The second-order valence-corrected chi connectivity index (χ2v) is 4.12. The minimum absolute atomic E-state index is 0.264. The van der Waals surface area contributed by atoms with E-state index in [1.165, 1.54) is 0 Å². The Morgan fingerprint density at radius 2 is 2.05 bits per heavy atom. The molecule has 0 spiro atoms. The SMILES string of the molecule is COc1ccc(C2=NN(CC(=O)O)C(=O)CC2)cc1. The third-order valence-electron chi connectivity index (χ3n) is 2.81. The normalized spacial score (nSPS) is 15.1. The summed E-state index contributed by atoms with van der Waals surface area (Å²) in [7, 11) is 1.58. The minimum atomic E-state index is -1.08. The van der Waals surface area contributed by atoms with Crippen molar-refractivity contribution in [1.82, 2.24) is 5.01 Å². The van der Waals surface area contributed by atoms with E-state index in [-0.39, 0.29) is 12.3 Å². The molecule has 0 saturated carbocycles. The molecule has 1 heterocycles. The van der Waals surface area contributed by atoms with Gasteiger partial charge in [0.05, 0.1) is 12.8 Å². The maximum Gasteiger partial charge on any atom is 0.325 e. The third kappa shape index (κ3) is 3.09. The van der Waals surface area contributed by atoms with Gasteiger partial charge in [0, 0.05) is 12.8 Å². The molecule has 0 saturated heterocycles. The molecule has 1 aromatic rings. The first kappa shape index (κ1) is 13.1. The number of amides is 1. The van der Waals surface area contributed by atoms with Crippen LogP contribution in [0, 0.1) is 0 Å². The van der Waals surface area contributed by atoms with Gasteiger partial charge in [-0.3, -0.25) is 9.59 Å². The van der Waals surface area contributed by atoms with E-state index in [4.69, 9.17) is 9.84 Å². The number of carbonyl (C=O) groups excluding carboxylic acids is 1. The van der Waals surface area contributed by atoms with Crippen molar-refractivity contribution in [3.63, 3.8) is 0 Å². The van der Waals surface area contributed by atoms with Crippen molar-refractivity contribution < 1.29 is 19.4 Å². The van der Waals surface area contributed by atoms with Crippen LogP contribution in [0.25, 0.3) is 0 Å². The van der Waals surface area contributed by atoms with Crippen molar-refractivity contribution in [1.29, 1.82) is 0 Å². The molecule has 0 bridgehead atoms. The summed E-state index contributed by atoms with van der Waals surface area (Å²) in [5.41, 5.74) is 1.58. The van der Waals surface area contributed by atoms with Crippen LogP contribution < -0.4 is 4.74 Å². The Hall–Kier alpha value is -2.37. The summed E-state index contributed by atoms with van der Waals surface area (Å²) >= 11 is 0. The predicted molar refractivity (Wildman–Crippen MR) is 68.1 cm³/mol. The second-order valence-electron chi connectivity index (χ2n) is 4.12. The highest BCUT2D eigenvalue weighted by molar-refractivity contribution is 6.04. The first-order chi connectivity index (χ1) is 9.10. The van der Waals surface area contributed by atoms with Crippen LogP contribution in [0.5, 0.6) is 5.75 Å². The van der Waals surface area contributed by atoms with Crippen LogP contribution in [-0.4, -0.2) is 41.4 Å². The van der Waals surface area contributed by atoms with Crippen LogP contribution in [0.3, 0.4) is 0 Å². The number of hydrazone groups is 1. The summed E-state index contributed by atoms with van der Waals surface area (Å²) in [5.74, 6) is -0.605. The number of carboxylic acid groups (broad SMARTS) is 1. The van der Waals surface area contributed by atoms with Gasteiger partial charge in [0.25, 0.3) is 0 Å². The summed E-state index contributed by atoms with van der Waals surface area (Å²) in [6.45, 7) is -0.404. The van der Waals surface area contributed by atoms with Crippen molar-refractivity contribution in [3.05, 3.63) is 29.8 Å². The Morgan fingerprint density at radius 1 is 1.37 bits per heavy atom. The number of hydrogen-bond acceptors (Lipinski definition) is 4. The zero-order valence-corrected chi connectivity index (χ0v) is 10.5. The number of methoxy groups -OCH3 is 1. The average Bonchev–Trinajstić information content (AvgIpc) is 2.41. The molecule has 100 valence electrons. The molecule has 0 fully saturated rings. The maximum atomic E-state index is 11.5. The number of rotatable bonds is 4. The van der Waals surface area contributed by atoms with Crippen molar-refractivity contribution in [2.45, 2.75) is 12.8 Å². The van der Waals surface area contributed by atoms with E-state index in [0.717, 1.165) is 16.3 Å². The van der Waals surface area contributed by atoms with Crippen LogP contribution in [0.15, 0.2) is 29.4 Å². The summed E-state index contributed by atoms with van der Waals surface area (Å²) in [4.78, 5) is 22.2. The predicted octanol–water partition coefficient (Wildman–Crippen LogP) is 1.11. The summed E-state index contributed by atoms with van der Waals surface area (Å²) in [6, 6.07) is 7.28. The van der Waals surface area contributed by atoms with E-state index in [0.29, 0.717) is 12.1 Å². The van der Waals surface area contributed by atoms with Crippen LogP contribution >= 0.6 is 0 Å². The number of carboxylic acids is 1. The number of carbonyl (C=O) groups is 2. The summed E-state index contributed by atoms with van der Waals surface area (Å²) in [6.07, 6.45) is 0.791. The first-order valence-electron chi connectivity index (χ1n) is 5.84. The zero-order valence-electron chi connectivity index (χ0n) is 10.5. The second kappa shape index (κ2) is 5.51. The summed E-state index contributed by atoms with van der Waals surface area (Å²) < 4.78 is 5.07. The molecule has 0 radical (unpaired) electrons. The fraction of sp³-hybridized carbons (Fsp3) is 0.308. The fourth-order valence-electron chi connectivity index (χ4n) is 1.84. The summed E-state index contributed by atoms with van der Waals surface area (Å²) in [5, 5.41) is 13.8. The van der Waals surface area contributed by atoms with E-state index < -0.39 is 12.5 Å². The highest BCUT2D eigenvalue weighted by Crippen LogP contribution is 2.18. The Balaban J connectivity index is 2.22. The van der Waals surface area contributed by atoms with Crippen molar-refractivity contribution in [3.8, 4) is 5.75 Å². The Labute approximate surface area is 110 Å². The number of hydrogen-bond donors (Lipinski definition) is 1. The lowest BCUT2D eigenvalue weighted by Crippen LogP contribution is -2.35. The molecule has 19 heavy (non-hydrogen) atoms. The van der Waals surface area contributed by atoms with Crippen LogP contribution in [0.4, 0.5) is 0 Å². The van der Waals surface area contributed by atoms with E-state index >= 15 is 0 Å². The van der Waals surface area contributed by atoms with Gasteiger partial charge in [0.15, 0.2) is 0 Å². The highest BCUT2D eigenvalue weighted by Gasteiger charge is 2.22. The quantitative estimate of drug-likeness (QED) is 0.881. The van der Waals surface area contributed by atoms with Crippen molar-refractivity contribution in [2.75, 3.05) is 13.7 Å². The van der Waals surface area contributed by atoms with Gasteiger partial charge in [-0.05, 0) is 29.8 Å². The lowest BCUT2D eigenvalue weighted by molar-refractivity contribution is -0.144. The topological polar surface area (TPSA) is 79.2 Å². The number of aliphatic carboxylic acids is 1. The molecule has 1 amide bonds. The molecule has 1 aliphatic heterocycles. The number of ether oxygens (including phenoxy) is 1. The number of benzene rings is 1. The molecule has 6 nitrogen and oxygen atoms in total. The molecule has 6 heteroatoms. The largest absolute Gasteiger partial charge is 0.497 e. The van der Waals surface area contributed by atoms with E-state index in [2.05, 4.69) is 5.10 Å². The standard InChI is InChI=1S/C13H14N2O4/c1-19-10-4-2-9(3-5-10)11-6-7-12(16)15(14-11)8-13(17)18/h2-5H,6-8H2,1H3,(H,17,18). The molecule has 0 unspecified atom stereocenters. The van der Waals surface area contributed by atoms with Gasteiger partial charge in [-0.15, -0.1) is 0 Å². The Bertz CT molecular complexity index is 522. The highest BCUT2D eigenvalue weighted by atomic mass is 16.5. The molecular formula is C13H14N2O4. The van der Waals surface area contributed by atoms with Crippen molar-refractivity contribution in [2.24, 2.45) is 5.10 Å². The molecular weight excluding hydrogens is 248 g/mol. The molecule has 1 aromatic carbocycles. The maximum absolute atomic E-state index is 11.5. The van der Waals surface area contributed by atoms with Gasteiger partial charge in [0.1, 0.15) is 12.3 Å².